The maximum Gasteiger partial charge on any atom is 0.254 e. The molecule has 0 radical (unpaired) electrons. The van der Waals surface area contributed by atoms with Gasteiger partial charge in [-0.05, 0) is 55.0 Å². The van der Waals surface area contributed by atoms with E-state index in [1.165, 1.54) is 4.90 Å². The summed E-state index contributed by atoms with van der Waals surface area (Å²) in [7, 11) is -0.183. The van der Waals surface area contributed by atoms with E-state index in [1.54, 1.807) is 51.4 Å². The molecule has 0 fully saturated rings. The van der Waals surface area contributed by atoms with Gasteiger partial charge in [-0.15, -0.1) is 0 Å². The molecule has 3 rings (SSSR count). The number of hydrogen-bond donors (Lipinski definition) is 1. The van der Waals surface area contributed by atoms with Crippen LogP contribution < -0.4 is 9.46 Å². The number of rotatable bonds is 7. The Kier molecular flexibility index (Phi) is 6.06. The van der Waals surface area contributed by atoms with E-state index in [4.69, 9.17) is 9.26 Å². The number of carbonyl (C=O) groups excluding carboxylic acids is 1. The zero-order valence-corrected chi connectivity index (χ0v) is 17.9. The number of anilines is 1. The lowest BCUT2D eigenvalue weighted by molar-refractivity contribution is 0.0769. The first-order chi connectivity index (χ1) is 14.2. The van der Waals surface area contributed by atoms with E-state index in [9.17, 15) is 13.2 Å². The summed E-state index contributed by atoms with van der Waals surface area (Å²) in [6, 6.07) is 12.0. The summed E-state index contributed by atoms with van der Waals surface area (Å²) in [5, 5.41) is 3.96. The van der Waals surface area contributed by atoms with E-state index in [0.29, 0.717) is 28.5 Å². The average molecular weight is 430 g/mol. The van der Waals surface area contributed by atoms with Crippen LogP contribution in [0, 0.1) is 6.92 Å². The van der Waals surface area contributed by atoms with E-state index >= 15 is 0 Å². The lowest BCUT2D eigenvalue weighted by atomic mass is 10.1. The van der Waals surface area contributed by atoms with Crippen molar-refractivity contribution in [3.05, 3.63) is 59.5 Å². The van der Waals surface area contributed by atoms with Gasteiger partial charge in [0.15, 0.2) is 0 Å². The summed E-state index contributed by atoms with van der Waals surface area (Å²) in [6.07, 6.45) is 1.07. The number of sulfonamides is 1. The number of benzene rings is 2. The van der Waals surface area contributed by atoms with Gasteiger partial charge in [0.05, 0.1) is 25.6 Å². The molecule has 9 nitrogen and oxygen atoms in total. The number of hydrogen-bond acceptors (Lipinski definition) is 7. The molecule has 1 amide bonds. The van der Waals surface area contributed by atoms with E-state index in [1.807, 2.05) is 12.1 Å². The summed E-state index contributed by atoms with van der Waals surface area (Å²) >= 11 is 0. The fraction of sp³-hybridized carbons (Fsp3) is 0.250. The Morgan fingerprint density at radius 3 is 2.50 bits per heavy atom. The van der Waals surface area contributed by atoms with E-state index in [-0.39, 0.29) is 12.5 Å². The third-order valence-electron chi connectivity index (χ3n) is 4.30. The fourth-order valence-corrected chi connectivity index (χ4v) is 3.41. The molecule has 0 aliphatic heterocycles. The Hall–Kier alpha value is -3.40. The molecule has 0 bridgehead atoms. The van der Waals surface area contributed by atoms with Gasteiger partial charge in [-0.25, -0.2) is 8.42 Å². The van der Waals surface area contributed by atoms with Crippen molar-refractivity contribution in [2.75, 3.05) is 25.1 Å². The van der Waals surface area contributed by atoms with Crippen molar-refractivity contribution in [3.63, 3.8) is 0 Å². The highest BCUT2D eigenvalue weighted by Crippen LogP contribution is 2.21. The van der Waals surface area contributed by atoms with Crippen molar-refractivity contribution in [2.24, 2.45) is 0 Å². The van der Waals surface area contributed by atoms with E-state index in [0.717, 1.165) is 17.6 Å². The van der Waals surface area contributed by atoms with Gasteiger partial charge in [0.25, 0.3) is 5.91 Å². The summed E-state index contributed by atoms with van der Waals surface area (Å²) < 4.78 is 35.6. The zero-order chi connectivity index (χ0) is 21.9. The molecule has 1 aromatic heterocycles. The molecule has 0 aliphatic carbocycles. The molecular weight excluding hydrogens is 408 g/mol. The molecule has 0 unspecified atom stereocenters. The van der Waals surface area contributed by atoms with Gasteiger partial charge >= 0.3 is 0 Å². The number of ether oxygens (including phenoxy) is 1. The Labute approximate surface area is 174 Å². The molecule has 0 aliphatic rings. The lowest BCUT2D eigenvalue weighted by Crippen LogP contribution is -2.26. The average Bonchev–Trinajstić information content (AvgIpc) is 3.16. The van der Waals surface area contributed by atoms with Gasteiger partial charge in [0.2, 0.25) is 21.7 Å². The van der Waals surface area contributed by atoms with Crippen molar-refractivity contribution < 1.29 is 22.5 Å². The van der Waals surface area contributed by atoms with Gasteiger partial charge in [-0.1, -0.05) is 5.16 Å². The van der Waals surface area contributed by atoms with Gasteiger partial charge in [-0.2, -0.15) is 4.98 Å². The van der Waals surface area contributed by atoms with Crippen molar-refractivity contribution in [2.45, 2.75) is 13.5 Å². The van der Waals surface area contributed by atoms with Gasteiger partial charge in [0, 0.05) is 18.2 Å². The first-order valence-electron chi connectivity index (χ1n) is 8.97. The monoisotopic (exact) mass is 430 g/mol. The lowest BCUT2D eigenvalue weighted by Gasteiger charge is -2.16. The maximum atomic E-state index is 12.7. The molecule has 0 saturated carbocycles. The molecule has 1 heterocycles. The number of nitrogens with zero attached hydrogens (tertiary/aromatic N) is 3. The first kappa shape index (κ1) is 21.3. The van der Waals surface area contributed by atoms with Gasteiger partial charge < -0.3 is 14.2 Å². The summed E-state index contributed by atoms with van der Waals surface area (Å²) in [5.74, 6) is 1.18. The maximum absolute atomic E-state index is 12.7. The second-order valence-corrected chi connectivity index (χ2v) is 8.55. The summed E-state index contributed by atoms with van der Waals surface area (Å²) in [6.45, 7) is 1.85. The Morgan fingerprint density at radius 1 is 1.20 bits per heavy atom. The minimum Gasteiger partial charge on any atom is -0.497 e. The normalized spacial score (nSPS) is 11.2. The molecule has 0 saturated heterocycles. The standard InChI is InChI=1S/C20H22N4O5S/c1-13-11-15(7-10-17(13)23-30(4,26)27)20(25)24(2)12-18-21-19(22-29-18)14-5-8-16(28-3)9-6-14/h5-11,23H,12H2,1-4H3. The van der Waals surface area contributed by atoms with Crippen molar-refractivity contribution in [1.82, 2.24) is 15.0 Å². The van der Waals surface area contributed by atoms with Crippen LogP contribution in [0.4, 0.5) is 5.69 Å². The second-order valence-electron chi connectivity index (χ2n) is 6.81. The highest BCUT2D eigenvalue weighted by atomic mass is 32.2. The number of carbonyl (C=O) groups is 1. The molecule has 158 valence electrons. The van der Waals surface area contributed by atoms with E-state index < -0.39 is 10.0 Å². The molecule has 1 N–H and O–H groups in total. The Morgan fingerprint density at radius 2 is 1.90 bits per heavy atom. The predicted octanol–water partition coefficient (Wildman–Crippen LogP) is 2.70. The summed E-state index contributed by atoms with van der Waals surface area (Å²) in [5.41, 5.74) is 2.25. The minimum absolute atomic E-state index is 0.129. The first-order valence-corrected chi connectivity index (χ1v) is 10.9. The highest BCUT2D eigenvalue weighted by molar-refractivity contribution is 7.92. The van der Waals surface area contributed by atoms with Crippen LogP contribution in [-0.4, -0.2) is 49.8 Å². The third-order valence-corrected chi connectivity index (χ3v) is 4.89. The van der Waals surface area contributed by atoms with Gasteiger partial charge in [0.1, 0.15) is 5.75 Å². The summed E-state index contributed by atoms with van der Waals surface area (Å²) in [4.78, 5) is 18.5. The number of nitrogens with one attached hydrogen (secondary N) is 1. The predicted molar refractivity (Wildman–Crippen MR) is 112 cm³/mol. The molecule has 10 heteroatoms. The van der Waals surface area contributed by atoms with Crippen LogP contribution in [0.1, 0.15) is 21.8 Å². The number of methoxy groups -OCH3 is 1. The third kappa shape index (κ3) is 5.15. The SMILES string of the molecule is COc1ccc(-c2noc(CN(C)C(=O)c3ccc(NS(C)(=O)=O)c(C)c3)n2)cc1. The molecule has 0 spiro atoms. The van der Waals surface area contributed by atoms with E-state index in [2.05, 4.69) is 14.9 Å². The zero-order valence-electron chi connectivity index (χ0n) is 17.0. The van der Waals surface area contributed by atoms with Gasteiger partial charge in [-0.3, -0.25) is 9.52 Å². The molecule has 0 atom stereocenters. The minimum atomic E-state index is -3.39. The quantitative estimate of drug-likeness (QED) is 0.613. The van der Waals surface area contributed by atoms with Crippen LogP contribution in [0.25, 0.3) is 11.4 Å². The molecule has 2 aromatic carbocycles. The highest BCUT2D eigenvalue weighted by Gasteiger charge is 2.17. The van der Waals surface area contributed by atoms with Crippen molar-refractivity contribution in [1.29, 1.82) is 0 Å². The molecular formula is C20H22N4O5S. The number of aryl methyl sites for hydroxylation is 1. The largest absolute Gasteiger partial charge is 0.497 e. The Bertz CT molecular complexity index is 1160. The fourth-order valence-electron chi connectivity index (χ4n) is 2.78. The van der Waals surface area contributed by atoms with Crippen LogP contribution in [0.2, 0.25) is 0 Å². The van der Waals surface area contributed by atoms with Crippen molar-refractivity contribution >= 4 is 21.6 Å². The van der Waals surface area contributed by atoms with Crippen LogP contribution >= 0.6 is 0 Å². The number of aromatic nitrogens is 2. The Balaban J connectivity index is 1.70. The van der Waals surface area contributed by atoms with Crippen LogP contribution in [0.15, 0.2) is 47.0 Å². The van der Waals surface area contributed by atoms with Crippen LogP contribution in [0.3, 0.4) is 0 Å². The second kappa shape index (κ2) is 8.54. The van der Waals surface area contributed by atoms with Crippen molar-refractivity contribution in [3.8, 4) is 17.1 Å². The molecule has 30 heavy (non-hydrogen) atoms. The molecule has 3 aromatic rings. The van der Waals surface area contributed by atoms with Crippen LogP contribution in [-0.2, 0) is 16.6 Å². The number of amides is 1. The topological polar surface area (TPSA) is 115 Å². The van der Waals surface area contributed by atoms with Crippen LogP contribution in [0.5, 0.6) is 5.75 Å². The smallest absolute Gasteiger partial charge is 0.254 e.